The molecule has 0 radical (unpaired) electrons. The fourth-order valence-corrected chi connectivity index (χ4v) is 1.54. The Hall–Kier alpha value is -0.820. The first-order chi connectivity index (χ1) is 7.16. The van der Waals surface area contributed by atoms with Gasteiger partial charge in [0.05, 0.1) is 0 Å². The number of rotatable bonds is 3. The van der Waals surface area contributed by atoms with Gasteiger partial charge in [0.15, 0.2) is 0 Å². The van der Waals surface area contributed by atoms with Crippen LogP contribution in [0.25, 0.3) is 0 Å². The highest BCUT2D eigenvalue weighted by Gasteiger charge is 2.10. The second-order valence-electron chi connectivity index (χ2n) is 3.69. The normalized spacial score (nSPS) is 11.2. The van der Waals surface area contributed by atoms with Crippen LogP contribution in [0.3, 0.4) is 0 Å². The molecule has 0 fully saturated rings. The molecule has 0 spiro atoms. The van der Waals surface area contributed by atoms with Gasteiger partial charge in [-0.15, -0.1) is 0 Å². The SMILES string of the molecule is C.CC.CCc1ccccc1C(C)N(C)C. The molecule has 0 aliphatic heterocycles. The first-order valence-electron chi connectivity index (χ1n) is 5.91. The third-order valence-corrected chi connectivity index (χ3v) is 2.66. The molecule has 0 aliphatic carbocycles. The van der Waals surface area contributed by atoms with Crippen LogP contribution >= 0.6 is 0 Å². The summed E-state index contributed by atoms with van der Waals surface area (Å²) in [5.41, 5.74) is 2.92. The summed E-state index contributed by atoms with van der Waals surface area (Å²) in [4.78, 5) is 2.24. The average Bonchev–Trinajstić information content (AvgIpc) is 2.30. The van der Waals surface area contributed by atoms with Crippen molar-refractivity contribution in [1.82, 2.24) is 4.90 Å². The molecule has 1 nitrogen and oxygen atoms in total. The van der Waals surface area contributed by atoms with E-state index in [9.17, 15) is 0 Å². The van der Waals surface area contributed by atoms with Gasteiger partial charge in [-0.25, -0.2) is 0 Å². The van der Waals surface area contributed by atoms with Crippen LogP contribution in [-0.4, -0.2) is 19.0 Å². The molecule has 1 atom stereocenters. The lowest BCUT2D eigenvalue weighted by atomic mass is 9.99. The summed E-state index contributed by atoms with van der Waals surface area (Å²) >= 11 is 0. The minimum absolute atomic E-state index is 0. The van der Waals surface area contributed by atoms with E-state index < -0.39 is 0 Å². The first-order valence-corrected chi connectivity index (χ1v) is 5.91. The Bertz CT molecular complexity index is 266. The van der Waals surface area contributed by atoms with E-state index in [4.69, 9.17) is 0 Å². The van der Waals surface area contributed by atoms with Crippen molar-refractivity contribution in [1.29, 1.82) is 0 Å². The maximum Gasteiger partial charge on any atom is 0.0316 e. The van der Waals surface area contributed by atoms with Crippen LogP contribution in [0.4, 0.5) is 0 Å². The summed E-state index contributed by atoms with van der Waals surface area (Å²) in [5, 5.41) is 0. The predicted octanol–water partition coefficient (Wildman–Crippen LogP) is 4.53. The van der Waals surface area contributed by atoms with Crippen molar-refractivity contribution in [3.05, 3.63) is 35.4 Å². The van der Waals surface area contributed by atoms with Gasteiger partial charge >= 0.3 is 0 Å². The van der Waals surface area contributed by atoms with E-state index in [1.807, 2.05) is 13.8 Å². The topological polar surface area (TPSA) is 3.24 Å². The standard InChI is InChI=1S/C12H19N.C2H6.CH4/c1-5-11-8-6-7-9-12(11)10(2)13(3)4;1-2;/h6-10H,5H2,1-4H3;1-2H3;1H4. The third kappa shape index (κ3) is 4.80. The molecule has 1 heteroatoms. The van der Waals surface area contributed by atoms with E-state index in [1.165, 1.54) is 11.1 Å². The Morgan fingerprint density at radius 3 is 2.06 bits per heavy atom. The number of aryl methyl sites for hydroxylation is 1. The Morgan fingerprint density at radius 2 is 1.62 bits per heavy atom. The van der Waals surface area contributed by atoms with Gasteiger partial charge in [-0.05, 0) is 38.6 Å². The fourth-order valence-electron chi connectivity index (χ4n) is 1.54. The van der Waals surface area contributed by atoms with Crippen molar-refractivity contribution in [2.24, 2.45) is 0 Å². The van der Waals surface area contributed by atoms with Gasteiger partial charge in [0.2, 0.25) is 0 Å². The highest BCUT2D eigenvalue weighted by Crippen LogP contribution is 2.21. The first kappa shape index (κ1) is 17.6. The largest absolute Gasteiger partial charge is 0.303 e. The minimum atomic E-state index is 0. The number of nitrogens with zero attached hydrogens (tertiary/aromatic N) is 1. The monoisotopic (exact) mass is 223 g/mol. The van der Waals surface area contributed by atoms with E-state index in [0.29, 0.717) is 6.04 Å². The molecular formula is C15H29N. The minimum Gasteiger partial charge on any atom is -0.303 e. The third-order valence-electron chi connectivity index (χ3n) is 2.66. The molecule has 1 rings (SSSR count). The Kier molecular flexibility index (Phi) is 10.3. The second-order valence-corrected chi connectivity index (χ2v) is 3.69. The summed E-state index contributed by atoms with van der Waals surface area (Å²) < 4.78 is 0. The average molecular weight is 223 g/mol. The van der Waals surface area contributed by atoms with Crippen LogP contribution < -0.4 is 0 Å². The van der Waals surface area contributed by atoms with Gasteiger partial charge in [-0.3, -0.25) is 0 Å². The molecule has 1 aromatic carbocycles. The van der Waals surface area contributed by atoms with Gasteiger partial charge < -0.3 is 4.90 Å². The molecule has 94 valence electrons. The maximum atomic E-state index is 2.24. The maximum absolute atomic E-state index is 2.24. The highest BCUT2D eigenvalue weighted by molar-refractivity contribution is 5.29. The predicted molar refractivity (Wildman–Crippen MR) is 76.0 cm³/mol. The van der Waals surface area contributed by atoms with Crippen molar-refractivity contribution in [2.45, 2.75) is 47.6 Å². The van der Waals surface area contributed by atoms with Gasteiger partial charge in [0, 0.05) is 6.04 Å². The van der Waals surface area contributed by atoms with Crippen molar-refractivity contribution in [3.8, 4) is 0 Å². The second kappa shape index (κ2) is 9.41. The molecule has 0 heterocycles. The van der Waals surface area contributed by atoms with E-state index in [-0.39, 0.29) is 7.43 Å². The van der Waals surface area contributed by atoms with Crippen LogP contribution in [0.5, 0.6) is 0 Å². The number of hydrogen-bond acceptors (Lipinski definition) is 1. The molecule has 1 aromatic rings. The van der Waals surface area contributed by atoms with Crippen molar-refractivity contribution >= 4 is 0 Å². The van der Waals surface area contributed by atoms with Crippen molar-refractivity contribution in [3.63, 3.8) is 0 Å². The summed E-state index contributed by atoms with van der Waals surface area (Å²) in [6.45, 7) is 8.45. The molecule has 0 N–H and O–H groups in total. The van der Waals surface area contributed by atoms with E-state index in [2.05, 4.69) is 57.1 Å². The molecule has 1 unspecified atom stereocenters. The molecule has 0 saturated carbocycles. The molecule has 0 aliphatic rings. The molecular weight excluding hydrogens is 194 g/mol. The summed E-state index contributed by atoms with van der Waals surface area (Å²) in [6.07, 6.45) is 1.12. The smallest absolute Gasteiger partial charge is 0.0316 e. The Morgan fingerprint density at radius 1 is 1.12 bits per heavy atom. The molecule has 0 amide bonds. The van der Waals surface area contributed by atoms with Crippen LogP contribution in [-0.2, 0) is 6.42 Å². The quantitative estimate of drug-likeness (QED) is 0.727. The van der Waals surface area contributed by atoms with Crippen LogP contribution in [0.15, 0.2) is 24.3 Å². The zero-order chi connectivity index (χ0) is 11.8. The van der Waals surface area contributed by atoms with Crippen LogP contribution in [0, 0.1) is 0 Å². The number of hydrogen-bond donors (Lipinski definition) is 0. The number of benzene rings is 1. The lowest BCUT2D eigenvalue weighted by Crippen LogP contribution is -2.17. The lowest BCUT2D eigenvalue weighted by Gasteiger charge is -2.22. The van der Waals surface area contributed by atoms with Gasteiger partial charge in [0.25, 0.3) is 0 Å². The van der Waals surface area contributed by atoms with E-state index in [0.717, 1.165) is 6.42 Å². The zero-order valence-corrected chi connectivity index (χ0v) is 11.0. The fraction of sp³-hybridized carbons (Fsp3) is 0.600. The Labute approximate surface area is 102 Å². The molecule has 0 bridgehead atoms. The van der Waals surface area contributed by atoms with Crippen LogP contribution in [0.2, 0.25) is 0 Å². The van der Waals surface area contributed by atoms with E-state index in [1.54, 1.807) is 0 Å². The van der Waals surface area contributed by atoms with Gasteiger partial charge in [-0.2, -0.15) is 0 Å². The summed E-state index contributed by atoms with van der Waals surface area (Å²) in [7, 11) is 4.24. The lowest BCUT2D eigenvalue weighted by molar-refractivity contribution is 0.319. The van der Waals surface area contributed by atoms with Crippen LogP contribution in [0.1, 0.15) is 52.3 Å². The summed E-state index contributed by atoms with van der Waals surface area (Å²) in [5.74, 6) is 0. The molecule has 0 saturated heterocycles. The summed E-state index contributed by atoms with van der Waals surface area (Å²) in [6, 6.07) is 9.19. The van der Waals surface area contributed by atoms with Gasteiger partial charge in [0.1, 0.15) is 0 Å². The van der Waals surface area contributed by atoms with Gasteiger partial charge in [-0.1, -0.05) is 52.5 Å². The molecule has 16 heavy (non-hydrogen) atoms. The van der Waals surface area contributed by atoms with Crippen molar-refractivity contribution < 1.29 is 0 Å². The van der Waals surface area contributed by atoms with E-state index >= 15 is 0 Å². The highest BCUT2D eigenvalue weighted by atomic mass is 15.1. The zero-order valence-electron chi connectivity index (χ0n) is 11.0. The van der Waals surface area contributed by atoms with Crippen molar-refractivity contribution in [2.75, 3.05) is 14.1 Å². The Balaban J connectivity index is 0. The molecule has 0 aromatic heterocycles.